The molecular formula is C19H38N2. The molecule has 2 rings (SSSR count). The Morgan fingerprint density at radius 2 is 1.71 bits per heavy atom. The van der Waals surface area contributed by atoms with E-state index in [4.69, 9.17) is 0 Å². The Labute approximate surface area is 133 Å². The van der Waals surface area contributed by atoms with Gasteiger partial charge < -0.3 is 5.32 Å². The average molecular weight is 295 g/mol. The summed E-state index contributed by atoms with van der Waals surface area (Å²) in [6.45, 7) is 13.3. The van der Waals surface area contributed by atoms with E-state index in [0.29, 0.717) is 0 Å². The van der Waals surface area contributed by atoms with Crippen LogP contribution in [-0.4, -0.2) is 36.6 Å². The van der Waals surface area contributed by atoms with Gasteiger partial charge >= 0.3 is 0 Å². The number of hydrogen-bond donors (Lipinski definition) is 1. The molecule has 124 valence electrons. The highest BCUT2D eigenvalue weighted by Gasteiger charge is 2.33. The monoisotopic (exact) mass is 294 g/mol. The molecule has 1 aliphatic heterocycles. The van der Waals surface area contributed by atoms with Crippen molar-refractivity contribution in [2.75, 3.05) is 19.6 Å². The van der Waals surface area contributed by atoms with Crippen LogP contribution in [0.1, 0.15) is 72.6 Å². The molecule has 21 heavy (non-hydrogen) atoms. The lowest BCUT2D eigenvalue weighted by Gasteiger charge is -2.45. The largest absolute Gasteiger partial charge is 0.311 e. The third-order valence-corrected chi connectivity index (χ3v) is 5.48. The van der Waals surface area contributed by atoms with Crippen LogP contribution in [0.2, 0.25) is 0 Å². The van der Waals surface area contributed by atoms with Crippen molar-refractivity contribution in [2.24, 2.45) is 17.8 Å². The summed E-state index contributed by atoms with van der Waals surface area (Å²) in [6, 6.07) is 1.53. The minimum absolute atomic E-state index is 0.719. The molecule has 2 aliphatic rings. The molecule has 1 heterocycles. The van der Waals surface area contributed by atoms with Gasteiger partial charge in [-0.15, -0.1) is 0 Å². The van der Waals surface area contributed by atoms with E-state index in [1.807, 2.05) is 0 Å². The Morgan fingerprint density at radius 1 is 1.00 bits per heavy atom. The highest BCUT2D eigenvalue weighted by atomic mass is 15.2. The number of piperazine rings is 1. The third-order valence-electron chi connectivity index (χ3n) is 5.48. The number of nitrogens with zero attached hydrogens (tertiary/aromatic N) is 1. The van der Waals surface area contributed by atoms with Crippen molar-refractivity contribution in [1.82, 2.24) is 10.2 Å². The first-order valence-electron chi connectivity index (χ1n) is 9.53. The first-order valence-corrected chi connectivity index (χ1v) is 9.53. The molecule has 2 fully saturated rings. The Kier molecular flexibility index (Phi) is 7.01. The van der Waals surface area contributed by atoms with Crippen molar-refractivity contribution >= 4 is 0 Å². The van der Waals surface area contributed by atoms with E-state index in [9.17, 15) is 0 Å². The molecule has 1 N–H and O–H groups in total. The number of rotatable bonds is 6. The maximum absolute atomic E-state index is 3.87. The molecule has 1 saturated carbocycles. The van der Waals surface area contributed by atoms with E-state index < -0.39 is 0 Å². The summed E-state index contributed by atoms with van der Waals surface area (Å²) in [7, 11) is 0. The zero-order valence-electron chi connectivity index (χ0n) is 14.9. The van der Waals surface area contributed by atoms with Gasteiger partial charge in [-0.3, -0.25) is 4.90 Å². The summed E-state index contributed by atoms with van der Waals surface area (Å²) in [4.78, 5) is 2.86. The Bertz CT molecular complexity index is 281. The predicted molar refractivity (Wildman–Crippen MR) is 92.6 cm³/mol. The van der Waals surface area contributed by atoms with Gasteiger partial charge in [0.2, 0.25) is 0 Å². The summed E-state index contributed by atoms with van der Waals surface area (Å²) in [5.41, 5.74) is 0. The molecule has 0 amide bonds. The van der Waals surface area contributed by atoms with Crippen molar-refractivity contribution in [3.63, 3.8) is 0 Å². The van der Waals surface area contributed by atoms with E-state index in [-0.39, 0.29) is 0 Å². The molecule has 2 nitrogen and oxygen atoms in total. The highest BCUT2D eigenvalue weighted by Crippen LogP contribution is 2.31. The van der Waals surface area contributed by atoms with Gasteiger partial charge in [-0.1, -0.05) is 47.0 Å². The van der Waals surface area contributed by atoms with Crippen LogP contribution in [-0.2, 0) is 0 Å². The van der Waals surface area contributed by atoms with Gasteiger partial charge in [0, 0.05) is 25.2 Å². The fourth-order valence-corrected chi connectivity index (χ4v) is 4.29. The Morgan fingerprint density at radius 3 is 2.33 bits per heavy atom. The Balaban J connectivity index is 1.93. The molecule has 2 heteroatoms. The van der Waals surface area contributed by atoms with Gasteiger partial charge in [-0.25, -0.2) is 0 Å². The molecule has 0 aromatic heterocycles. The van der Waals surface area contributed by atoms with Crippen molar-refractivity contribution < 1.29 is 0 Å². The second-order valence-electron chi connectivity index (χ2n) is 8.38. The van der Waals surface area contributed by atoms with E-state index in [0.717, 1.165) is 29.8 Å². The van der Waals surface area contributed by atoms with Crippen LogP contribution in [0, 0.1) is 17.8 Å². The summed E-state index contributed by atoms with van der Waals surface area (Å²) in [6.07, 6.45) is 10.0. The molecule has 0 aromatic rings. The summed E-state index contributed by atoms with van der Waals surface area (Å²) < 4.78 is 0. The maximum atomic E-state index is 3.87. The van der Waals surface area contributed by atoms with Crippen LogP contribution in [0.25, 0.3) is 0 Å². The van der Waals surface area contributed by atoms with Gasteiger partial charge in [0.05, 0.1) is 0 Å². The van der Waals surface area contributed by atoms with Crippen LogP contribution in [0.4, 0.5) is 0 Å². The predicted octanol–water partition coefficient (Wildman–Crippen LogP) is 4.30. The topological polar surface area (TPSA) is 15.3 Å². The minimum atomic E-state index is 0.719. The summed E-state index contributed by atoms with van der Waals surface area (Å²) >= 11 is 0. The highest BCUT2D eigenvalue weighted by molar-refractivity contribution is 4.91. The smallest absolute Gasteiger partial charge is 0.0249 e. The van der Waals surface area contributed by atoms with E-state index >= 15 is 0 Å². The standard InChI is InChI=1S/C19H38N2/c1-15(2)10-11-21-14-18(12-16(3)4)20-13-19(21)17-8-6-5-7-9-17/h15-20H,5-14H2,1-4H3. The van der Waals surface area contributed by atoms with Crippen molar-refractivity contribution in [3.8, 4) is 0 Å². The lowest BCUT2D eigenvalue weighted by Crippen LogP contribution is -2.59. The minimum Gasteiger partial charge on any atom is -0.311 e. The number of hydrogen-bond acceptors (Lipinski definition) is 2. The number of nitrogens with one attached hydrogen (secondary N) is 1. The van der Waals surface area contributed by atoms with Crippen LogP contribution in [0.3, 0.4) is 0 Å². The fraction of sp³-hybridized carbons (Fsp3) is 1.00. The molecule has 1 saturated heterocycles. The zero-order chi connectivity index (χ0) is 15.2. The van der Waals surface area contributed by atoms with Crippen molar-refractivity contribution in [2.45, 2.75) is 84.7 Å². The first-order chi connectivity index (χ1) is 10.1. The van der Waals surface area contributed by atoms with Crippen molar-refractivity contribution in [3.05, 3.63) is 0 Å². The lowest BCUT2D eigenvalue weighted by atomic mass is 9.81. The Hall–Kier alpha value is -0.0800. The van der Waals surface area contributed by atoms with Crippen LogP contribution in [0.5, 0.6) is 0 Å². The summed E-state index contributed by atoms with van der Waals surface area (Å²) in [5.74, 6) is 2.59. The van der Waals surface area contributed by atoms with Gasteiger partial charge in [0.15, 0.2) is 0 Å². The molecule has 0 bridgehead atoms. The fourth-order valence-electron chi connectivity index (χ4n) is 4.29. The van der Waals surface area contributed by atoms with E-state index in [1.54, 1.807) is 0 Å². The average Bonchev–Trinajstić information content (AvgIpc) is 2.45. The molecule has 2 atom stereocenters. The quantitative estimate of drug-likeness (QED) is 0.785. The zero-order valence-corrected chi connectivity index (χ0v) is 14.9. The van der Waals surface area contributed by atoms with Gasteiger partial charge in [-0.2, -0.15) is 0 Å². The normalized spacial score (nSPS) is 29.4. The lowest BCUT2D eigenvalue weighted by molar-refractivity contribution is 0.0634. The van der Waals surface area contributed by atoms with Gasteiger partial charge in [0.25, 0.3) is 0 Å². The summed E-state index contributed by atoms with van der Waals surface area (Å²) in [5, 5.41) is 3.87. The molecular weight excluding hydrogens is 256 g/mol. The second-order valence-corrected chi connectivity index (χ2v) is 8.38. The first kappa shape index (κ1) is 17.3. The third kappa shape index (κ3) is 5.56. The van der Waals surface area contributed by atoms with Gasteiger partial charge in [-0.05, 0) is 50.0 Å². The van der Waals surface area contributed by atoms with Crippen LogP contribution < -0.4 is 5.32 Å². The second kappa shape index (κ2) is 8.53. The SMILES string of the molecule is CC(C)CCN1CC(CC(C)C)NCC1C1CCCCC1. The van der Waals surface area contributed by atoms with Crippen LogP contribution >= 0.6 is 0 Å². The molecule has 0 aromatic carbocycles. The maximum Gasteiger partial charge on any atom is 0.0249 e. The molecule has 2 unspecified atom stereocenters. The molecule has 1 aliphatic carbocycles. The molecule has 0 radical (unpaired) electrons. The van der Waals surface area contributed by atoms with Gasteiger partial charge in [0.1, 0.15) is 0 Å². The van der Waals surface area contributed by atoms with Crippen LogP contribution in [0.15, 0.2) is 0 Å². The van der Waals surface area contributed by atoms with E-state index in [2.05, 4.69) is 37.9 Å². The molecule has 0 spiro atoms. The van der Waals surface area contributed by atoms with Crippen molar-refractivity contribution in [1.29, 1.82) is 0 Å². The van der Waals surface area contributed by atoms with E-state index in [1.165, 1.54) is 64.6 Å².